The Hall–Kier alpha value is -4.01. The van der Waals surface area contributed by atoms with E-state index in [1.807, 2.05) is 30.3 Å². The third-order valence-electron chi connectivity index (χ3n) is 6.51. The van der Waals surface area contributed by atoms with Crippen molar-refractivity contribution in [3.05, 3.63) is 102 Å². The highest BCUT2D eigenvalue weighted by atomic mass is 35.5. The van der Waals surface area contributed by atoms with Crippen LogP contribution in [0.5, 0.6) is 5.75 Å². The van der Waals surface area contributed by atoms with Crippen molar-refractivity contribution in [2.24, 2.45) is 0 Å². The number of rotatable bonds is 9. The van der Waals surface area contributed by atoms with E-state index < -0.39 is 10.0 Å². The van der Waals surface area contributed by atoms with Crippen LogP contribution in [-0.4, -0.2) is 31.8 Å². The van der Waals surface area contributed by atoms with Gasteiger partial charge in [-0.25, -0.2) is 8.42 Å². The lowest BCUT2D eigenvalue weighted by molar-refractivity contribution is -0.118. The van der Waals surface area contributed by atoms with Gasteiger partial charge in [-0.2, -0.15) is 0 Å². The standard InChI is InChI=1S/C30H28ClN3O4S/c1-3-33-28-7-5-4-6-26(28)27-18-23(12-17-29(27)33)32-30(35)20-38-25-15-13-24(14-16-25)34(39(2,36)37)19-21-8-10-22(31)11-9-21/h4-18H,3,19-20H2,1-2H3,(H,32,35). The fraction of sp³-hybridized carbons (Fsp3) is 0.167. The number of carbonyl (C=O) groups excluding carboxylic acids is 1. The van der Waals surface area contributed by atoms with Crippen molar-refractivity contribution in [1.29, 1.82) is 0 Å². The van der Waals surface area contributed by atoms with Crippen LogP contribution in [0.15, 0.2) is 91.0 Å². The summed E-state index contributed by atoms with van der Waals surface area (Å²) >= 11 is 5.95. The number of para-hydroxylation sites is 1. The Balaban J connectivity index is 1.25. The molecule has 4 aromatic carbocycles. The highest BCUT2D eigenvalue weighted by Gasteiger charge is 2.18. The predicted molar refractivity (Wildman–Crippen MR) is 158 cm³/mol. The summed E-state index contributed by atoms with van der Waals surface area (Å²) in [7, 11) is -3.54. The second-order valence-corrected chi connectivity index (χ2v) is 11.6. The summed E-state index contributed by atoms with van der Waals surface area (Å²) in [6.45, 7) is 2.95. The van der Waals surface area contributed by atoms with Crippen molar-refractivity contribution in [3.8, 4) is 5.75 Å². The molecule has 0 spiro atoms. The van der Waals surface area contributed by atoms with Crippen molar-refractivity contribution in [3.63, 3.8) is 0 Å². The minimum atomic E-state index is -3.54. The average molecular weight is 562 g/mol. The van der Waals surface area contributed by atoms with Crippen molar-refractivity contribution < 1.29 is 17.9 Å². The number of nitrogens with one attached hydrogen (secondary N) is 1. The van der Waals surface area contributed by atoms with Crippen LogP contribution in [0.2, 0.25) is 5.02 Å². The largest absolute Gasteiger partial charge is 0.484 e. The Morgan fingerprint density at radius 2 is 1.62 bits per heavy atom. The van der Waals surface area contributed by atoms with Crippen LogP contribution < -0.4 is 14.4 Å². The first-order valence-corrected chi connectivity index (χ1v) is 14.7. The SMILES string of the molecule is CCn1c2ccccc2c2cc(NC(=O)COc3ccc(N(Cc4ccc(Cl)cc4)S(C)(=O)=O)cc3)ccc21. The van der Waals surface area contributed by atoms with Gasteiger partial charge in [0.25, 0.3) is 5.91 Å². The van der Waals surface area contributed by atoms with Crippen LogP contribution in [0.3, 0.4) is 0 Å². The highest BCUT2D eigenvalue weighted by Crippen LogP contribution is 2.31. The fourth-order valence-corrected chi connectivity index (χ4v) is 5.70. The molecule has 0 aliphatic carbocycles. The molecule has 0 aliphatic rings. The number of aromatic nitrogens is 1. The normalized spacial score (nSPS) is 11.6. The molecule has 7 nitrogen and oxygen atoms in total. The van der Waals surface area contributed by atoms with E-state index in [0.29, 0.717) is 22.1 Å². The quantitative estimate of drug-likeness (QED) is 0.224. The highest BCUT2D eigenvalue weighted by molar-refractivity contribution is 7.92. The number of sulfonamides is 1. The van der Waals surface area contributed by atoms with Gasteiger partial charge in [-0.15, -0.1) is 0 Å². The van der Waals surface area contributed by atoms with Crippen LogP contribution in [0.25, 0.3) is 21.8 Å². The number of nitrogens with zero attached hydrogens (tertiary/aromatic N) is 2. The van der Waals surface area contributed by atoms with Gasteiger partial charge in [0.1, 0.15) is 5.75 Å². The molecule has 9 heteroatoms. The van der Waals surface area contributed by atoms with Gasteiger partial charge in [0, 0.05) is 39.1 Å². The molecule has 39 heavy (non-hydrogen) atoms. The van der Waals surface area contributed by atoms with Gasteiger partial charge >= 0.3 is 0 Å². The molecule has 0 saturated carbocycles. The lowest BCUT2D eigenvalue weighted by Crippen LogP contribution is -2.29. The Morgan fingerprint density at radius 1 is 0.923 bits per heavy atom. The van der Waals surface area contributed by atoms with Gasteiger partial charge in [0.05, 0.1) is 18.5 Å². The molecule has 0 radical (unpaired) electrons. The lowest BCUT2D eigenvalue weighted by Gasteiger charge is -2.23. The van der Waals surface area contributed by atoms with Gasteiger partial charge < -0.3 is 14.6 Å². The van der Waals surface area contributed by atoms with Crippen LogP contribution >= 0.6 is 11.6 Å². The third kappa shape index (κ3) is 5.87. The summed E-state index contributed by atoms with van der Waals surface area (Å²) < 4.78 is 34.2. The second-order valence-electron chi connectivity index (χ2n) is 9.22. The maximum absolute atomic E-state index is 12.6. The minimum Gasteiger partial charge on any atom is -0.484 e. The predicted octanol–water partition coefficient (Wildman–Crippen LogP) is 6.45. The molecule has 0 bridgehead atoms. The number of anilines is 2. The number of fused-ring (bicyclic) bond motifs is 3. The van der Waals surface area contributed by atoms with Gasteiger partial charge in [0.15, 0.2) is 6.61 Å². The van der Waals surface area contributed by atoms with Gasteiger partial charge in [-0.3, -0.25) is 9.10 Å². The molecule has 5 aromatic rings. The lowest BCUT2D eigenvalue weighted by atomic mass is 10.1. The molecule has 1 heterocycles. The molecular weight excluding hydrogens is 534 g/mol. The zero-order chi connectivity index (χ0) is 27.6. The smallest absolute Gasteiger partial charge is 0.262 e. The molecule has 0 aliphatic heterocycles. The number of benzene rings is 4. The van der Waals surface area contributed by atoms with E-state index in [1.165, 1.54) is 4.31 Å². The molecule has 5 rings (SSSR count). The average Bonchev–Trinajstić information content (AvgIpc) is 3.24. The van der Waals surface area contributed by atoms with E-state index >= 15 is 0 Å². The first kappa shape index (κ1) is 26.6. The van der Waals surface area contributed by atoms with Crippen LogP contribution in [0, 0.1) is 0 Å². The number of aryl methyl sites for hydroxylation is 1. The summed E-state index contributed by atoms with van der Waals surface area (Å²) in [6, 6.07) is 27.7. The number of ether oxygens (including phenoxy) is 1. The van der Waals surface area contributed by atoms with E-state index in [4.69, 9.17) is 16.3 Å². The molecule has 1 amide bonds. The second kappa shape index (κ2) is 11.0. The maximum atomic E-state index is 12.6. The molecule has 1 aromatic heterocycles. The molecule has 200 valence electrons. The number of hydrogen-bond donors (Lipinski definition) is 1. The van der Waals surface area contributed by atoms with E-state index in [9.17, 15) is 13.2 Å². The summed E-state index contributed by atoms with van der Waals surface area (Å²) in [5.74, 6) is 0.161. The van der Waals surface area contributed by atoms with Crippen molar-refractivity contribution in [1.82, 2.24) is 4.57 Å². The van der Waals surface area contributed by atoms with E-state index in [1.54, 1.807) is 48.5 Å². The Bertz CT molecular complexity index is 1750. The number of hydrogen-bond acceptors (Lipinski definition) is 4. The Morgan fingerprint density at radius 3 is 2.31 bits per heavy atom. The molecule has 1 N–H and O–H groups in total. The molecule has 0 fully saturated rings. The van der Waals surface area contributed by atoms with E-state index in [0.717, 1.165) is 40.2 Å². The Labute approximate surface area is 232 Å². The van der Waals surface area contributed by atoms with Crippen molar-refractivity contribution in [2.45, 2.75) is 20.0 Å². The summed E-state index contributed by atoms with van der Waals surface area (Å²) in [4.78, 5) is 12.6. The van der Waals surface area contributed by atoms with Crippen LogP contribution in [0.4, 0.5) is 11.4 Å². The fourth-order valence-electron chi connectivity index (χ4n) is 4.68. The first-order valence-electron chi connectivity index (χ1n) is 12.5. The Kier molecular flexibility index (Phi) is 7.50. The van der Waals surface area contributed by atoms with Crippen LogP contribution in [0.1, 0.15) is 12.5 Å². The molecule has 0 unspecified atom stereocenters. The maximum Gasteiger partial charge on any atom is 0.262 e. The zero-order valence-electron chi connectivity index (χ0n) is 21.6. The molecule has 0 saturated heterocycles. The summed E-state index contributed by atoms with van der Waals surface area (Å²) in [6.07, 6.45) is 1.16. The van der Waals surface area contributed by atoms with Gasteiger partial charge in [-0.05, 0) is 73.2 Å². The van der Waals surface area contributed by atoms with E-state index in [-0.39, 0.29) is 19.1 Å². The molecular formula is C30H28ClN3O4S. The van der Waals surface area contributed by atoms with Crippen molar-refractivity contribution >= 4 is 60.7 Å². The number of amides is 1. The molecule has 0 atom stereocenters. The minimum absolute atomic E-state index is 0.167. The number of halogens is 1. The van der Waals surface area contributed by atoms with Gasteiger partial charge in [-0.1, -0.05) is 41.9 Å². The van der Waals surface area contributed by atoms with Crippen molar-refractivity contribution in [2.75, 3.05) is 22.5 Å². The first-order chi connectivity index (χ1) is 18.7. The summed E-state index contributed by atoms with van der Waals surface area (Å²) in [5.41, 5.74) is 4.26. The van der Waals surface area contributed by atoms with Crippen LogP contribution in [-0.2, 0) is 27.9 Å². The zero-order valence-corrected chi connectivity index (χ0v) is 23.2. The van der Waals surface area contributed by atoms with Gasteiger partial charge in [0.2, 0.25) is 10.0 Å². The monoisotopic (exact) mass is 561 g/mol. The third-order valence-corrected chi connectivity index (χ3v) is 7.90. The number of carbonyl (C=O) groups is 1. The summed E-state index contributed by atoms with van der Waals surface area (Å²) in [5, 5.41) is 5.71. The van der Waals surface area contributed by atoms with E-state index in [2.05, 4.69) is 28.9 Å². The topological polar surface area (TPSA) is 80.6 Å².